The molecule has 0 saturated carbocycles. The van der Waals surface area contributed by atoms with Crippen molar-refractivity contribution in [2.75, 3.05) is 19.5 Å². The summed E-state index contributed by atoms with van der Waals surface area (Å²) in [5.41, 5.74) is 6.26. The van der Waals surface area contributed by atoms with Crippen LogP contribution in [0.3, 0.4) is 0 Å². The van der Waals surface area contributed by atoms with Gasteiger partial charge in [-0.25, -0.2) is 9.07 Å². The Hall–Kier alpha value is -2.02. The molecule has 0 aliphatic carbocycles. The summed E-state index contributed by atoms with van der Waals surface area (Å²) < 4.78 is 20.8. The molecule has 0 aliphatic rings. The molecule has 0 fully saturated rings. The van der Waals surface area contributed by atoms with Crippen molar-refractivity contribution in [3.8, 4) is 11.4 Å². The molecule has 1 atom stereocenters. The van der Waals surface area contributed by atoms with E-state index in [4.69, 9.17) is 10.5 Å². The Balaban J connectivity index is 2.40. The molecule has 0 aliphatic heterocycles. The second kappa shape index (κ2) is 6.42. The molecular formula is C13H18FN5O. The summed E-state index contributed by atoms with van der Waals surface area (Å²) in [5.74, 6) is -0.0493. The van der Waals surface area contributed by atoms with Crippen LogP contribution in [-0.2, 0) is 4.74 Å². The first kappa shape index (κ1) is 14.4. The molecule has 6 nitrogen and oxygen atoms in total. The number of hydrogen-bond donors (Lipinski definition) is 1. The summed E-state index contributed by atoms with van der Waals surface area (Å²) in [6, 6.07) is 4.46. The Morgan fingerprint density at radius 1 is 1.45 bits per heavy atom. The minimum Gasteiger partial charge on any atom is -0.399 e. The van der Waals surface area contributed by atoms with Crippen LogP contribution in [0.2, 0.25) is 0 Å². The van der Waals surface area contributed by atoms with Gasteiger partial charge in [0.25, 0.3) is 0 Å². The molecule has 0 spiro atoms. The maximum absolute atomic E-state index is 14.0. The number of nitrogen functional groups attached to an aromatic ring is 1. The molecule has 2 rings (SSSR count). The number of aromatic nitrogens is 4. The van der Waals surface area contributed by atoms with E-state index >= 15 is 0 Å². The van der Waals surface area contributed by atoms with Crippen LogP contribution in [0.15, 0.2) is 18.2 Å². The van der Waals surface area contributed by atoms with Gasteiger partial charge in [-0.15, -0.1) is 5.10 Å². The number of nitrogens with two attached hydrogens (primary N) is 1. The van der Waals surface area contributed by atoms with Crippen LogP contribution >= 0.6 is 0 Å². The molecule has 108 valence electrons. The summed E-state index contributed by atoms with van der Waals surface area (Å²) in [4.78, 5) is 0. The lowest BCUT2D eigenvalue weighted by Gasteiger charge is -2.16. The number of anilines is 1. The van der Waals surface area contributed by atoms with Gasteiger partial charge in [0.05, 0.1) is 18.2 Å². The van der Waals surface area contributed by atoms with Crippen LogP contribution in [0.1, 0.15) is 25.8 Å². The third-order valence-corrected chi connectivity index (χ3v) is 3.05. The van der Waals surface area contributed by atoms with Gasteiger partial charge in [0.1, 0.15) is 5.82 Å². The summed E-state index contributed by atoms with van der Waals surface area (Å²) >= 11 is 0. The quantitative estimate of drug-likeness (QED) is 0.819. The zero-order valence-corrected chi connectivity index (χ0v) is 11.6. The van der Waals surface area contributed by atoms with E-state index in [1.807, 2.05) is 0 Å². The van der Waals surface area contributed by atoms with Crippen molar-refractivity contribution < 1.29 is 9.13 Å². The third kappa shape index (κ3) is 2.93. The number of hydrogen-bond acceptors (Lipinski definition) is 5. The van der Waals surface area contributed by atoms with Crippen LogP contribution in [-0.4, -0.2) is 33.9 Å². The molecule has 0 saturated heterocycles. The van der Waals surface area contributed by atoms with Crippen LogP contribution < -0.4 is 5.73 Å². The molecule has 2 aromatic rings. The largest absolute Gasteiger partial charge is 0.399 e. The van der Waals surface area contributed by atoms with Gasteiger partial charge in [-0.05, 0) is 35.0 Å². The first-order valence-electron chi connectivity index (χ1n) is 6.49. The molecule has 1 aromatic heterocycles. The van der Waals surface area contributed by atoms with E-state index in [1.165, 1.54) is 6.07 Å². The van der Waals surface area contributed by atoms with Gasteiger partial charge >= 0.3 is 0 Å². The minimum absolute atomic E-state index is 0.0213. The maximum atomic E-state index is 14.0. The molecule has 1 unspecified atom stereocenters. The van der Waals surface area contributed by atoms with Crippen LogP contribution in [0.4, 0.5) is 10.1 Å². The fourth-order valence-corrected chi connectivity index (χ4v) is 2.13. The van der Waals surface area contributed by atoms with E-state index in [9.17, 15) is 4.39 Å². The number of halogens is 1. The lowest BCUT2D eigenvalue weighted by Crippen LogP contribution is -2.17. The van der Waals surface area contributed by atoms with Crippen LogP contribution in [0, 0.1) is 5.82 Å². The summed E-state index contributed by atoms with van der Waals surface area (Å²) in [7, 11) is 1.62. The number of methoxy groups -OCH3 is 1. The first-order chi connectivity index (χ1) is 9.67. The number of rotatable bonds is 6. The second-order valence-corrected chi connectivity index (χ2v) is 4.58. The van der Waals surface area contributed by atoms with Crippen molar-refractivity contribution >= 4 is 5.69 Å². The Morgan fingerprint density at radius 2 is 2.25 bits per heavy atom. The fraction of sp³-hybridized carbons (Fsp3) is 0.462. The molecular weight excluding hydrogens is 261 g/mol. The van der Waals surface area contributed by atoms with Crippen molar-refractivity contribution in [1.29, 1.82) is 0 Å². The van der Waals surface area contributed by atoms with Gasteiger partial charge < -0.3 is 10.5 Å². The third-order valence-electron chi connectivity index (χ3n) is 3.05. The Morgan fingerprint density at radius 3 is 2.90 bits per heavy atom. The molecule has 7 heteroatoms. The summed E-state index contributed by atoms with van der Waals surface area (Å²) in [6.07, 6.45) is 1.81. The Kier molecular flexibility index (Phi) is 4.62. The van der Waals surface area contributed by atoms with Gasteiger partial charge in [0.2, 0.25) is 0 Å². The number of benzene rings is 1. The summed E-state index contributed by atoms with van der Waals surface area (Å²) in [5, 5.41) is 11.6. The molecule has 2 N–H and O–H groups in total. The predicted molar refractivity (Wildman–Crippen MR) is 73.4 cm³/mol. The van der Waals surface area contributed by atoms with Gasteiger partial charge in [0.15, 0.2) is 5.82 Å². The lowest BCUT2D eigenvalue weighted by molar-refractivity contribution is 0.144. The standard InChI is InChI=1S/C13H18FN5O/c1-3-4-10(8-20-2)19-13(16-17-18-19)11-6-5-9(15)7-12(11)14/h5-7,10H,3-4,8,15H2,1-2H3. The lowest BCUT2D eigenvalue weighted by atomic mass is 10.1. The average Bonchev–Trinajstić information content (AvgIpc) is 2.87. The first-order valence-corrected chi connectivity index (χ1v) is 6.49. The maximum Gasteiger partial charge on any atom is 0.185 e. The van der Waals surface area contributed by atoms with E-state index in [0.717, 1.165) is 12.8 Å². The predicted octanol–water partition coefficient (Wildman–Crippen LogP) is 2.05. The van der Waals surface area contributed by atoms with Crippen molar-refractivity contribution in [2.24, 2.45) is 0 Å². The average molecular weight is 279 g/mol. The number of tetrazole rings is 1. The Labute approximate surface area is 116 Å². The molecule has 20 heavy (non-hydrogen) atoms. The fourth-order valence-electron chi connectivity index (χ4n) is 2.13. The smallest absolute Gasteiger partial charge is 0.185 e. The molecule has 1 heterocycles. The topological polar surface area (TPSA) is 78.8 Å². The van der Waals surface area contributed by atoms with Crippen molar-refractivity contribution in [1.82, 2.24) is 20.2 Å². The molecule has 0 bridgehead atoms. The van der Waals surface area contributed by atoms with E-state index in [2.05, 4.69) is 22.4 Å². The van der Waals surface area contributed by atoms with Crippen LogP contribution in [0.5, 0.6) is 0 Å². The number of nitrogens with zero attached hydrogens (tertiary/aromatic N) is 4. The van der Waals surface area contributed by atoms with E-state index in [-0.39, 0.29) is 6.04 Å². The highest BCUT2D eigenvalue weighted by Gasteiger charge is 2.20. The molecule has 1 aromatic carbocycles. The summed E-state index contributed by atoms with van der Waals surface area (Å²) in [6.45, 7) is 2.54. The molecule has 0 radical (unpaired) electrons. The van der Waals surface area contributed by atoms with E-state index in [1.54, 1.807) is 23.9 Å². The van der Waals surface area contributed by atoms with E-state index < -0.39 is 5.82 Å². The second-order valence-electron chi connectivity index (χ2n) is 4.58. The highest BCUT2D eigenvalue weighted by atomic mass is 19.1. The van der Waals surface area contributed by atoms with Crippen molar-refractivity contribution in [2.45, 2.75) is 25.8 Å². The molecule has 0 amide bonds. The monoisotopic (exact) mass is 279 g/mol. The van der Waals surface area contributed by atoms with Crippen molar-refractivity contribution in [3.05, 3.63) is 24.0 Å². The van der Waals surface area contributed by atoms with Gasteiger partial charge in [-0.2, -0.15) is 0 Å². The zero-order chi connectivity index (χ0) is 14.5. The SMILES string of the molecule is CCCC(COC)n1nnnc1-c1ccc(N)cc1F. The van der Waals surface area contributed by atoms with Gasteiger partial charge in [0, 0.05) is 12.8 Å². The highest BCUT2D eigenvalue weighted by molar-refractivity contribution is 5.59. The van der Waals surface area contributed by atoms with Crippen LogP contribution in [0.25, 0.3) is 11.4 Å². The van der Waals surface area contributed by atoms with Crippen molar-refractivity contribution in [3.63, 3.8) is 0 Å². The van der Waals surface area contributed by atoms with Gasteiger partial charge in [-0.1, -0.05) is 13.3 Å². The number of ether oxygens (including phenoxy) is 1. The zero-order valence-electron chi connectivity index (χ0n) is 11.6. The normalized spacial score (nSPS) is 12.6. The Bertz CT molecular complexity index is 566. The highest BCUT2D eigenvalue weighted by Crippen LogP contribution is 2.25. The van der Waals surface area contributed by atoms with Gasteiger partial charge in [-0.3, -0.25) is 0 Å². The minimum atomic E-state index is -0.436. The van der Waals surface area contributed by atoms with E-state index in [0.29, 0.717) is 23.7 Å².